The molecule has 0 aliphatic heterocycles. The molecule has 1 unspecified atom stereocenters. The van der Waals surface area contributed by atoms with Gasteiger partial charge in [0.25, 0.3) is 14.2 Å². The first-order chi connectivity index (χ1) is 32.0. The molecule has 7 atom stereocenters. The van der Waals surface area contributed by atoms with Gasteiger partial charge in [-0.1, -0.05) is 153 Å². The van der Waals surface area contributed by atoms with Gasteiger partial charge in [-0.3, -0.25) is 14.4 Å². The molecule has 0 fully saturated rings. The molecular weight excluding hydrogens is 889 g/mol. The number of rotatable bonds is 25. The number of methoxy groups -OCH3 is 1. The van der Waals surface area contributed by atoms with E-state index in [-0.39, 0.29) is 31.3 Å². The Morgan fingerprint density at radius 3 is 1.66 bits per heavy atom. The predicted octanol–water partition coefficient (Wildman–Crippen LogP) is 6.76. The third-order valence-electron chi connectivity index (χ3n) is 11.4. The number of ether oxygens (including phenoxy) is 5. The number of amides is 2. The fraction of sp³-hybridized carbons (Fsp3) is 0.519. The zero-order valence-electron chi connectivity index (χ0n) is 41.7. The normalized spacial score (nSPS) is 14.8. The standard InChI is InChI=1S/C52H72N2O13Si/c1-13-35(6)46(47(57)53-41(29-33(2)3)42(55)31-44(56)62-12)66-48(58)37(8)65-50(60)45(54-51(61)63-32-38-23-17-14-18-24-38)36(7)64-49(59)43(30-34(4)5)67-68(52(9,10)11,39-25-19-15-20-26-39)40-27-21-16-22-28-40/h14-28,33-37,41,43,45-46H,13,29-32H2,1-12H3,(H,53,57)(H,54,61)/t35?,36-,37+,41+,43+,45+,46+/m1/s1. The average molecular weight is 961 g/mol. The summed E-state index contributed by atoms with van der Waals surface area (Å²) in [7, 11) is -2.16. The third-order valence-corrected chi connectivity index (χ3v) is 16.5. The Bertz CT molecular complexity index is 2070. The summed E-state index contributed by atoms with van der Waals surface area (Å²) < 4.78 is 34.6. The van der Waals surface area contributed by atoms with Gasteiger partial charge in [0.2, 0.25) is 0 Å². The Hall–Kier alpha value is -5.87. The monoisotopic (exact) mass is 960 g/mol. The summed E-state index contributed by atoms with van der Waals surface area (Å²) >= 11 is 0. The SMILES string of the molecule is CCC(C)[C@H](OC(=O)[C@H](C)OC(=O)[C@@H](NC(=O)OCc1ccccc1)[C@@H](C)OC(=O)[C@H](CC(C)C)O[Si](c1ccccc1)(c1ccccc1)C(C)(C)C)C(=O)N[C@@H](CC(C)C)C(=O)CC(=O)OC. The summed E-state index contributed by atoms with van der Waals surface area (Å²) in [6.45, 7) is 19.8. The number of carbonyl (C=O) groups is 7. The van der Waals surface area contributed by atoms with E-state index in [0.717, 1.165) is 17.5 Å². The Labute approximate surface area is 402 Å². The summed E-state index contributed by atoms with van der Waals surface area (Å²) in [5.41, 5.74) is 0.665. The second-order valence-corrected chi connectivity index (χ2v) is 23.2. The van der Waals surface area contributed by atoms with E-state index in [1.54, 1.807) is 44.2 Å². The number of esters is 4. The van der Waals surface area contributed by atoms with Gasteiger partial charge in [0.05, 0.1) is 13.2 Å². The first-order valence-electron chi connectivity index (χ1n) is 23.3. The topological polar surface area (TPSA) is 199 Å². The first kappa shape index (κ1) is 56.4. The third kappa shape index (κ3) is 16.4. The number of hydrogen-bond donors (Lipinski definition) is 2. The second kappa shape index (κ2) is 26.6. The Kier molecular flexibility index (Phi) is 22.1. The van der Waals surface area contributed by atoms with Crippen molar-refractivity contribution in [3.8, 4) is 0 Å². The maximum atomic E-state index is 14.6. The van der Waals surface area contributed by atoms with Crippen LogP contribution in [0.15, 0.2) is 91.0 Å². The molecular formula is C52H72N2O13Si. The Balaban J connectivity index is 1.95. The van der Waals surface area contributed by atoms with Crippen LogP contribution in [0.25, 0.3) is 0 Å². The number of ketones is 1. The lowest BCUT2D eigenvalue weighted by molar-refractivity contribution is -0.178. The quantitative estimate of drug-likeness (QED) is 0.0391. The van der Waals surface area contributed by atoms with Gasteiger partial charge in [-0.15, -0.1) is 0 Å². The van der Waals surface area contributed by atoms with Crippen LogP contribution in [-0.2, 0) is 63.5 Å². The van der Waals surface area contributed by atoms with Crippen molar-refractivity contribution in [2.45, 2.75) is 150 Å². The van der Waals surface area contributed by atoms with Crippen LogP contribution in [0.3, 0.4) is 0 Å². The van der Waals surface area contributed by atoms with Crippen molar-refractivity contribution in [3.05, 3.63) is 96.6 Å². The van der Waals surface area contributed by atoms with E-state index in [9.17, 15) is 33.6 Å². The van der Waals surface area contributed by atoms with Gasteiger partial charge in [-0.25, -0.2) is 19.2 Å². The summed E-state index contributed by atoms with van der Waals surface area (Å²) in [6, 6.07) is 25.6. The molecule has 0 spiro atoms. The Morgan fingerprint density at radius 1 is 0.647 bits per heavy atom. The zero-order valence-corrected chi connectivity index (χ0v) is 42.7. The molecule has 2 amide bonds. The molecule has 15 nitrogen and oxygen atoms in total. The molecule has 16 heteroatoms. The van der Waals surface area contributed by atoms with Crippen LogP contribution in [0.1, 0.15) is 107 Å². The van der Waals surface area contributed by atoms with Crippen molar-refractivity contribution in [2.75, 3.05) is 7.11 Å². The number of Topliss-reactive ketones (excluding diaryl/α,β-unsaturated/α-hetero) is 1. The highest BCUT2D eigenvalue weighted by atomic mass is 28.4. The molecule has 0 heterocycles. The fourth-order valence-electron chi connectivity index (χ4n) is 7.60. The van der Waals surface area contributed by atoms with E-state index in [2.05, 4.69) is 36.1 Å². The molecule has 0 aromatic heterocycles. The molecule has 0 bridgehead atoms. The number of benzene rings is 3. The summed E-state index contributed by atoms with van der Waals surface area (Å²) in [6.07, 6.45) is -6.38. The lowest BCUT2D eigenvalue weighted by Gasteiger charge is -2.45. The van der Waals surface area contributed by atoms with Crippen molar-refractivity contribution >= 4 is 60.4 Å². The molecule has 0 saturated carbocycles. The van der Waals surface area contributed by atoms with E-state index in [1.807, 2.05) is 88.4 Å². The summed E-state index contributed by atoms with van der Waals surface area (Å²) in [5.74, 6) is -5.84. The van der Waals surface area contributed by atoms with Gasteiger partial charge in [0.15, 0.2) is 24.0 Å². The largest absolute Gasteiger partial charge is 0.469 e. The number of nitrogens with one attached hydrogen (secondary N) is 2. The van der Waals surface area contributed by atoms with E-state index >= 15 is 0 Å². The van der Waals surface area contributed by atoms with Crippen molar-refractivity contribution < 1.29 is 61.7 Å². The molecule has 3 aromatic carbocycles. The molecule has 0 aliphatic rings. The van der Waals surface area contributed by atoms with Gasteiger partial charge in [-0.05, 0) is 65.9 Å². The minimum atomic E-state index is -3.31. The maximum Gasteiger partial charge on any atom is 0.408 e. The zero-order chi connectivity index (χ0) is 50.8. The molecule has 0 radical (unpaired) electrons. The van der Waals surface area contributed by atoms with Crippen molar-refractivity contribution in [2.24, 2.45) is 17.8 Å². The van der Waals surface area contributed by atoms with Crippen LogP contribution in [-0.4, -0.2) is 93.6 Å². The van der Waals surface area contributed by atoms with Gasteiger partial charge in [0.1, 0.15) is 25.2 Å². The lowest BCUT2D eigenvalue weighted by atomic mass is 9.96. The van der Waals surface area contributed by atoms with Gasteiger partial charge >= 0.3 is 30.0 Å². The number of carbonyl (C=O) groups excluding carboxylic acids is 7. The predicted molar refractivity (Wildman–Crippen MR) is 259 cm³/mol. The highest BCUT2D eigenvalue weighted by Gasteiger charge is 2.53. The van der Waals surface area contributed by atoms with Crippen LogP contribution >= 0.6 is 0 Å². The summed E-state index contributed by atoms with van der Waals surface area (Å²) in [5, 5.41) is 6.48. The molecule has 68 heavy (non-hydrogen) atoms. The minimum absolute atomic E-state index is 0.0393. The molecule has 3 rings (SSSR count). The maximum absolute atomic E-state index is 14.6. The van der Waals surface area contributed by atoms with E-state index in [0.29, 0.717) is 12.0 Å². The average Bonchev–Trinajstić information content (AvgIpc) is 3.29. The molecule has 2 N–H and O–H groups in total. The smallest absolute Gasteiger partial charge is 0.408 e. The molecule has 372 valence electrons. The van der Waals surface area contributed by atoms with E-state index < -0.39 is 104 Å². The highest BCUT2D eigenvalue weighted by molar-refractivity contribution is 6.99. The van der Waals surface area contributed by atoms with Crippen LogP contribution in [0.2, 0.25) is 5.04 Å². The first-order valence-corrected chi connectivity index (χ1v) is 25.2. The molecule has 3 aromatic rings. The van der Waals surface area contributed by atoms with Gasteiger partial charge in [-0.2, -0.15) is 0 Å². The number of hydrogen-bond acceptors (Lipinski definition) is 13. The van der Waals surface area contributed by atoms with Crippen molar-refractivity contribution in [1.82, 2.24) is 10.6 Å². The van der Waals surface area contributed by atoms with Crippen molar-refractivity contribution in [3.63, 3.8) is 0 Å². The fourth-order valence-corrected chi connectivity index (χ4v) is 12.2. The molecule has 0 aliphatic carbocycles. The minimum Gasteiger partial charge on any atom is -0.469 e. The van der Waals surface area contributed by atoms with Crippen LogP contribution < -0.4 is 21.0 Å². The van der Waals surface area contributed by atoms with Crippen molar-refractivity contribution in [1.29, 1.82) is 0 Å². The van der Waals surface area contributed by atoms with Gasteiger partial charge < -0.3 is 38.7 Å². The molecule has 0 saturated heterocycles. The van der Waals surface area contributed by atoms with Gasteiger partial charge in [0, 0.05) is 5.92 Å². The van der Waals surface area contributed by atoms with Crippen LogP contribution in [0.4, 0.5) is 4.79 Å². The van der Waals surface area contributed by atoms with E-state index in [4.69, 9.17) is 23.4 Å². The highest BCUT2D eigenvalue weighted by Crippen LogP contribution is 2.38. The van der Waals surface area contributed by atoms with Crippen LogP contribution in [0, 0.1) is 17.8 Å². The van der Waals surface area contributed by atoms with E-state index in [1.165, 1.54) is 13.8 Å². The Morgan fingerprint density at radius 2 is 1.18 bits per heavy atom. The lowest BCUT2D eigenvalue weighted by Crippen LogP contribution is -2.68. The van der Waals surface area contributed by atoms with Crippen LogP contribution in [0.5, 0.6) is 0 Å². The summed E-state index contributed by atoms with van der Waals surface area (Å²) in [4.78, 5) is 94.4. The second-order valence-electron chi connectivity index (χ2n) is 19.0. The number of alkyl carbamates (subject to hydrolysis) is 1.